The second-order valence-corrected chi connectivity index (χ2v) is 15.9. The summed E-state index contributed by atoms with van der Waals surface area (Å²) in [6, 6.07) is 46.4. The van der Waals surface area contributed by atoms with Crippen LogP contribution in [0.4, 0.5) is 17.1 Å². The molecule has 0 aromatic heterocycles. The Hall–Kier alpha value is -4.62. The van der Waals surface area contributed by atoms with Gasteiger partial charge in [0.25, 0.3) is 0 Å². The molecule has 0 atom stereocenters. The van der Waals surface area contributed by atoms with Crippen molar-refractivity contribution in [2.45, 2.75) is 83.5 Å². The van der Waals surface area contributed by atoms with Gasteiger partial charge >= 0.3 is 0 Å². The number of benzene rings is 6. The van der Waals surface area contributed by atoms with Gasteiger partial charge in [-0.1, -0.05) is 131 Å². The highest BCUT2D eigenvalue weighted by Gasteiger charge is 2.41. The van der Waals surface area contributed by atoms with Crippen LogP contribution in [0.25, 0.3) is 33.0 Å². The lowest BCUT2D eigenvalue weighted by Gasteiger charge is -2.46. The Balaban J connectivity index is 1.27. The van der Waals surface area contributed by atoms with Crippen molar-refractivity contribution in [3.05, 3.63) is 149 Å². The van der Waals surface area contributed by atoms with E-state index in [0.29, 0.717) is 5.41 Å². The summed E-state index contributed by atoms with van der Waals surface area (Å²) < 4.78 is 0. The molecule has 3 aliphatic carbocycles. The first-order chi connectivity index (χ1) is 23.8. The van der Waals surface area contributed by atoms with Crippen molar-refractivity contribution in [1.82, 2.24) is 0 Å². The van der Waals surface area contributed by atoms with Crippen LogP contribution >= 0.6 is 0 Å². The van der Waals surface area contributed by atoms with Gasteiger partial charge in [-0.15, -0.1) is 0 Å². The summed E-state index contributed by atoms with van der Waals surface area (Å²) in [6.07, 6.45) is 9.66. The molecule has 0 aliphatic heterocycles. The molecule has 2 saturated carbocycles. The van der Waals surface area contributed by atoms with Gasteiger partial charge in [-0.05, 0) is 130 Å². The Bertz CT molecular complexity index is 2210. The molecule has 0 unspecified atom stereocenters. The summed E-state index contributed by atoms with van der Waals surface area (Å²) >= 11 is 0. The number of anilines is 3. The Morgan fingerprint density at radius 2 is 1.31 bits per heavy atom. The number of fused-ring (bicyclic) bond motifs is 6. The number of nitrogens with zero attached hydrogens (tertiary/aromatic N) is 1. The van der Waals surface area contributed by atoms with Gasteiger partial charge in [0.05, 0.1) is 5.69 Å². The van der Waals surface area contributed by atoms with E-state index in [1.807, 2.05) is 0 Å². The fraction of sp³-hybridized carbons (Fsp3) is 0.292. The topological polar surface area (TPSA) is 3.24 Å². The third-order valence-electron chi connectivity index (χ3n) is 12.7. The molecule has 0 radical (unpaired) electrons. The molecular weight excluding hydrogens is 591 g/mol. The zero-order valence-electron chi connectivity index (χ0n) is 29.5. The highest BCUT2D eigenvalue weighted by Crippen LogP contribution is 2.54. The highest BCUT2D eigenvalue weighted by atomic mass is 15.1. The molecule has 3 aliphatic rings. The van der Waals surface area contributed by atoms with Gasteiger partial charge in [0.15, 0.2) is 0 Å². The van der Waals surface area contributed by atoms with E-state index in [-0.39, 0.29) is 5.41 Å². The van der Waals surface area contributed by atoms with Gasteiger partial charge < -0.3 is 4.90 Å². The van der Waals surface area contributed by atoms with Crippen LogP contribution in [-0.2, 0) is 10.8 Å². The van der Waals surface area contributed by atoms with Gasteiger partial charge in [0.2, 0.25) is 0 Å². The summed E-state index contributed by atoms with van der Waals surface area (Å²) in [6.45, 7) is 9.31. The zero-order chi connectivity index (χ0) is 33.3. The maximum Gasteiger partial charge on any atom is 0.0546 e. The fourth-order valence-corrected chi connectivity index (χ4v) is 10.2. The molecule has 2 bridgehead atoms. The van der Waals surface area contributed by atoms with Crippen LogP contribution < -0.4 is 4.90 Å². The molecule has 0 N–H and O–H groups in total. The third-order valence-corrected chi connectivity index (χ3v) is 12.7. The number of aryl methyl sites for hydroxylation is 2. The van der Waals surface area contributed by atoms with Crippen LogP contribution in [0.15, 0.2) is 121 Å². The second-order valence-electron chi connectivity index (χ2n) is 15.9. The monoisotopic (exact) mass is 637 g/mol. The van der Waals surface area contributed by atoms with Crippen LogP contribution in [0.5, 0.6) is 0 Å². The molecule has 0 heterocycles. The number of rotatable bonds is 5. The first-order valence-corrected chi connectivity index (χ1v) is 18.6. The molecule has 6 aromatic carbocycles. The third kappa shape index (κ3) is 4.80. The Kier molecular flexibility index (Phi) is 7.13. The van der Waals surface area contributed by atoms with Crippen molar-refractivity contribution in [2.24, 2.45) is 5.92 Å². The van der Waals surface area contributed by atoms with E-state index in [2.05, 4.69) is 154 Å². The molecular formula is C48H47N. The molecule has 0 spiro atoms. The van der Waals surface area contributed by atoms with E-state index in [1.165, 1.54) is 117 Å². The van der Waals surface area contributed by atoms with Crippen LogP contribution in [0, 0.1) is 19.8 Å². The molecule has 2 fully saturated rings. The van der Waals surface area contributed by atoms with Gasteiger partial charge in [0, 0.05) is 22.4 Å². The van der Waals surface area contributed by atoms with Gasteiger partial charge in [0.1, 0.15) is 0 Å². The largest absolute Gasteiger partial charge is 0.310 e. The maximum atomic E-state index is 2.55. The van der Waals surface area contributed by atoms with Crippen LogP contribution in [0.2, 0.25) is 0 Å². The first kappa shape index (κ1) is 30.4. The lowest BCUT2D eigenvalue weighted by molar-refractivity contribution is 0.149. The van der Waals surface area contributed by atoms with E-state index in [4.69, 9.17) is 0 Å². The van der Waals surface area contributed by atoms with Crippen molar-refractivity contribution < 1.29 is 0 Å². The minimum Gasteiger partial charge on any atom is -0.310 e. The van der Waals surface area contributed by atoms with E-state index >= 15 is 0 Å². The molecule has 1 heteroatoms. The van der Waals surface area contributed by atoms with Gasteiger partial charge in [-0.3, -0.25) is 0 Å². The van der Waals surface area contributed by atoms with E-state index in [1.54, 1.807) is 5.56 Å². The van der Waals surface area contributed by atoms with E-state index < -0.39 is 0 Å². The van der Waals surface area contributed by atoms with Crippen LogP contribution in [0.1, 0.15) is 86.6 Å². The van der Waals surface area contributed by atoms with Crippen molar-refractivity contribution in [3.63, 3.8) is 0 Å². The van der Waals surface area contributed by atoms with E-state index in [9.17, 15) is 0 Å². The maximum absolute atomic E-state index is 2.55. The lowest BCUT2D eigenvalue weighted by Crippen LogP contribution is -2.36. The predicted molar refractivity (Wildman–Crippen MR) is 209 cm³/mol. The standard InChI is InChI=1S/C48H47N/c1-32-12-5-7-17-39(32)46-40-18-8-6-16-35(40)20-27-44(46)49(37-23-21-36(22-24-37)48-28-10-14-34(31-48)15-11-29-48)38-25-26-41-43(30-38)47(3,4)42-19-9-13-33(2)45(41)42/h5-9,12-13,16-27,30,34H,10-11,14-15,28-29,31H2,1-4H3. The summed E-state index contributed by atoms with van der Waals surface area (Å²) in [5, 5.41) is 2.55. The molecule has 9 rings (SSSR count). The van der Waals surface area contributed by atoms with Crippen molar-refractivity contribution in [3.8, 4) is 22.3 Å². The van der Waals surface area contributed by atoms with Crippen molar-refractivity contribution >= 4 is 27.8 Å². The number of hydrogen-bond donors (Lipinski definition) is 0. The Morgan fingerprint density at radius 1 is 0.592 bits per heavy atom. The van der Waals surface area contributed by atoms with Gasteiger partial charge in [-0.2, -0.15) is 0 Å². The van der Waals surface area contributed by atoms with Crippen LogP contribution in [-0.4, -0.2) is 0 Å². The molecule has 244 valence electrons. The van der Waals surface area contributed by atoms with Crippen molar-refractivity contribution in [2.75, 3.05) is 4.90 Å². The lowest BCUT2D eigenvalue weighted by atomic mass is 9.59. The molecule has 49 heavy (non-hydrogen) atoms. The minimum atomic E-state index is -0.0812. The fourth-order valence-electron chi connectivity index (χ4n) is 10.2. The summed E-state index contributed by atoms with van der Waals surface area (Å²) in [5.74, 6) is 0.912. The van der Waals surface area contributed by atoms with E-state index in [0.717, 1.165) is 5.92 Å². The molecule has 0 amide bonds. The minimum absolute atomic E-state index is 0.0812. The Labute approximate surface area is 292 Å². The average Bonchev–Trinajstić information content (AvgIpc) is 3.35. The van der Waals surface area contributed by atoms with Gasteiger partial charge in [-0.25, -0.2) is 0 Å². The Morgan fingerprint density at radius 3 is 2.10 bits per heavy atom. The smallest absolute Gasteiger partial charge is 0.0546 e. The average molecular weight is 638 g/mol. The summed E-state index contributed by atoms with van der Waals surface area (Å²) in [4.78, 5) is 2.55. The quantitative estimate of drug-likeness (QED) is 0.182. The molecule has 1 nitrogen and oxygen atoms in total. The SMILES string of the molecule is Cc1ccccc1-c1c(N(c2ccc(C34CCCC(CCC3)C4)cc2)c2ccc3c(c2)C(C)(C)c2cccc(C)c2-3)ccc2ccccc12. The first-order valence-electron chi connectivity index (χ1n) is 18.6. The zero-order valence-corrected chi connectivity index (χ0v) is 29.5. The molecule has 0 saturated heterocycles. The predicted octanol–water partition coefficient (Wildman–Crippen LogP) is 13.5. The number of hydrogen-bond acceptors (Lipinski definition) is 1. The second kappa shape index (κ2) is 11.5. The normalized spacial score (nSPS) is 20.5. The van der Waals surface area contributed by atoms with Crippen LogP contribution in [0.3, 0.4) is 0 Å². The van der Waals surface area contributed by atoms with Crippen molar-refractivity contribution in [1.29, 1.82) is 0 Å². The summed E-state index contributed by atoms with van der Waals surface area (Å²) in [7, 11) is 0. The molecule has 6 aromatic rings. The highest BCUT2D eigenvalue weighted by molar-refractivity contribution is 6.06. The summed E-state index contributed by atoms with van der Waals surface area (Å²) in [5.41, 5.74) is 16.3.